The minimum Gasteiger partial charge on any atom is -0.362 e. The van der Waals surface area contributed by atoms with Gasteiger partial charge < -0.3 is 4.84 Å². The van der Waals surface area contributed by atoms with Crippen molar-refractivity contribution < 1.29 is 4.84 Å². The van der Waals surface area contributed by atoms with E-state index in [-0.39, 0.29) is 0 Å². The van der Waals surface area contributed by atoms with E-state index in [1.54, 1.807) is 6.21 Å². The molecule has 0 heterocycles. The number of hydrogen-bond acceptors (Lipinski definition) is 2. The van der Waals surface area contributed by atoms with E-state index in [4.69, 9.17) is 4.84 Å². The lowest BCUT2D eigenvalue weighted by molar-refractivity contribution is 0.210. The summed E-state index contributed by atoms with van der Waals surface area (Å²) >= 11 is 0. The standard InChI is InChI=1S/C14H17NO/c1-12-7-5-6-8-13(12)11-15-16-14-9-3-2-4-10-14/h5-9,11H,2-4,10H2,1H3. The van der Waals surface area contributed by atoms with Crippen molar-refractivity contribution in [1.82, 2.24) is 0 Å². The first-order chi connectivity index (χ1) is 7.86. The van der Waals surface area contributed by atoms with E-state index in [0.717, 1.165) is 24.2 Å². The van der Waals surface area contributed by atoms with Gasteiger partial charge in [-0.2, -0.15) is 0 Å². The lowest BCUT2D eigenvalue weighted by Crippen LogP contribution is -1.94. The largest absolute Gasteiger partial charge is 0.362 e. The Morgan fingerprint density at radius 1 is 1.25 bits per heavy atom. The van der Waals surface area contributed by atoms with Crippen molar-refractivity contribution in [2.75, 3.05) is 0 Å². The molecule has 0 aliphatic heterocycles. The van der Waals surface area contributed by atoms with Crippen LogP contribution >= 0.6 is 0 Å². The van der Waals surface area contributed by atoms with E-state index < -0.39 is 0 Å². The van der Waals surface area contributed by atoms with Gasteiger partial charge >= 0.3 is 0 Å². The summed E-state index contributed by atoms with van der Waals surface area (Å²) in [6.07, 6.45) is 8.55. The van der Waals surface area contributed by atoms with Crippen molar-refractivity contribution in [3.05, 3.63) is 47.2 Å². The summed E-state index contributed by atoms with van der Waals surface area (Å²) < 4.78 is 0. The average molecular weight is 215 g/mol. The first-order valence-corrected chi connectivity index (χ1v) is 5.81. The Kier molecular flexibility index (Phi) is 3.76. The predicted octanol–water partition coefficient (Wildman–Crippen LogP) is 3.80. The fourth-order valence-corrected chi connectivity index (χ4v) is 1.77. The van der Waals surface area contributed by atoms with Gasteiger partial charge in [-0.25, -0.2) is 0 Å². The van der Waals surface area contributed by atoms with Crippen LogP contribution in [0.3, 0.4) is 0 Å². The molecule has 16 heavy (non-hydrogen) atoms. The number of nitrogens with zero attached hydrogens (tertiary/aromatic N) is 1. The van der Waals surface area contributed by atoms with Gasteiger partial charge in [-0.3, -0.25) is 0 Å². The van der Waals surface area contributed by atoms with Crippen LogP contribution in [0.4, 0.5) is 0 Å². The molecule has 0 radical (unpaired) electrons. The molecule has 0 saturated heterocycles. The van der Waals surface area contributed by atoms with Gasteiger partial charge in [0.2, 0.25) is 0 Å². The Morgan fingerprint density at radius 3 is 2.88 bits per heavy atom. The monoisotopic (exact) mass is 215 g/mol. The summed E-state index contributed by atoms with van der Waals surface area (Å²) in [6, 6.07) is 8.14. The zero-order valence-corrected chi connectivity index (χ0v) is 9.65. The smallest absolute Gasteiger partial charge is 0.131 e. The average Bonchev–Trinajstić information content (AvgIpc) is 2.33. The third-order valence-electron chi connectivity index (χ3n) is 2.80. The van der Waals surface area contributed by atoms with E-state index in [1.807, 2.05) is 18.2 Å². The highest BCUT2D eigenvalue weighted by atomic mass is 16.6. The number of aryl methyl sites for hydroxylation is 1. The SMILES string of the molecule is Cc1ccccc1C=NOC1=CCCCC1. The van der Waals surface area contributed by atoms with Crippen molar-refractivity contribution in [3.8, 4) is 0 Å². The molecule has 0 atom stereocenters. The Bertz CT molecular complexity index is 407. The van der Waals surface area contributed by atoms with Crippen LogP contribution in [0.2, 0.25) is 0 Å². The number of oxime groups is 1. The second kappa shape index (κ2) is 5.50. The fraction of sp³-hybridized carbons (Fsp3) is 0.357. The summed E-state index contributed by atoms with van der Waals surface area (Å²) in [4.78, 5) is 5.37. The normalized spacial score (nSPS) is 16.2. The first kappa shape index (κ1) is 10.9. The molecule has 0 fully saturated rings. The molecular formula is C14H17NO. The van der Waals surface area contributed by atoms with Crippen LogP contribution in [-0.4, -0.2) is 6.21 Å². The van der Waals surface area contributed by atoms with Crippen LogP contribution < -0.4 is 0 Å². The third-order valence-corrected chi connectivity index (χ3v) is 2.80. The highest BCUT2D eigenvalue weighted by molar-refractivity contribution is 5.81. The number of rotatable bonds is 3. The quantitative estimate of drug-likeness (QED) is 0.555. The van der Waals surface area contributed by atoms with Crippen molar-refractivity contribution in [3.63, 3.8) is 0 Å². The molecule has 0 N–H and O–H groups in total. The molecule has 2 rings (SSSR count). The molecular weight excluding hydrogens is 198 g/mol. The van der Waals surface area contributed by atoms with Gasteiger partial charge in [0, 0.05) is 6.42 Å². The molecule has 0 bridgehead atoms. The van der Waals surface area contributed by atoms with E-state index >= 15 is 0 Å². The van der Waals surface area contributed by atoms with E-state index in [2.05, 4.69) is 24.2 Å². The van der Waals surface area contributed by atoms with Gasteiger partial charge in [-0.15, -0.1) is 0 Å². The molecule has 1 aromatic rings. The second-order valence-electron chi connectivity index (χ2n) is 4.10. The van der Waals surface area contributed by atoms with Gasteiger partial charge in [-0.1, -0.05) is 29.4 Å². The molecule has 2 nitrogen and oxygen atoms in total. The summed E-state index contributed by atoms with van der Waals surface area (Å²) in [5.41, 5.74) is 2.33. The lowest BCUT2D eigenvalue weighted by Gasteiger charge is -2.09. The van der Waals surface area contributed by atoms with Crippen LogP contribution in [0.1, 0.15) is 36.8 Å². The van der Waals surface area contributed by atoms with Gasteiger partial charge in [0.15, 0.2) is 0 Å². The van der Waals surface area contributed by atoms with Gasteiger partial charge in [0.05, 0.1) is 6.21 Å². The minimum absolute atomic E-state index is 1.01. The topological polar surface area (TPSA) is 21.6 Å². The Morgan fingerprint density at radius 2 is 2.12 bits per heavy atom. The van der Waals surface area contributed by atoms with Crippen LogP contribution in [0, 0.1) is 6.92 Å². The molecule has 0 aromatic heterocycles. The maximum Gasteiger partial charge on any atom is 0.131 e. The number of benzene rings is 1. The molecule has 0 spiro atoms. The van der Waals surface area contributed by atoms with Crippen LogP contribution in [0.5, 0.6) is 0 Å². The molecule has 84 valence electrons. The zero-order chi connectivity index (χ0) is 11.2. The van der Waals surface area contributed by atoms with E-state index in [0.29, 0.717) is 0 Å². The highest BCUT2D eigenvalue weighted by Gasteiger charge is 2.03. The molecule has 1 aromatic carbocycles. The van der Waals surface area contributed by atoms with E-state index in [9.17, 15) is 0 Å². The second-order valence-corrected chi connectivity index (χ2v) is 4.10. The van der Waals surface area contributed by atoms with Crippen molar-refractivity contribution in [2.45, 2.75) is 32.6 Å². The number of allylic oxidation sites excluding steroid dienone is 2. The fourth-order valence-electron chi connectivity index (χ4n) is 1.77. The van der Waals surface area contributed by atoms with Crippen LogP contribution in [0.15, 0.2) is 41.3 Å². The molecule has 1 aliphatic carbocycles. The Balaban J connectivity index is 1.94. The molecule has 0 unspecified atom stereocenters. The maximum absolute atomic E-state index is 5.37. The van der Waals surface area contributed by atoms with Crippen molar-refractivity contribution in [2.24, 2.45) is 5.16 Å². The molecule has 0 amide bonds. The van der Waals surface area contributed by atoms with Gasteiger partial charge in [-0.05, 0) is 43.4 Å². The third kappa shape index (κ3) is 2.96. The van der Waals surface area contributed by atoms with Crippen molar-refractivity contribution in [1.29, 1.82) is 0 Å². The van der Waals surface area contributed by atoms with Crippen LogP contribution in [-0.2, 0) is 4.84 Å². The Hall–Kier alpha value is -1.57. The lowest BCUT2D eigenvalue weighted by atomic mass is 10.1. The molecule has 1 aliphatic rings. The predicted molar refractivity (Wildman–Crippen MR) is 66.4 cm³/mol. The minimum atomic E-state index is 1.01. The first-order valence-electron chi connectivity index (χ1n) is 5.81. The van der Waals surface area contributed by atoms with Gasteiger partial charge in [0.25, 0.3) is 0 Å². The number of hydrogen-bond donors (Lipinski definition) is 0. The highest BCUT2D eigenvalue weighted by Crippen LogP contribution is 2.18. The van der Waals surface area contributed by atoms with Crippen LogP contribution in [0.25, 0.3) is 0 Å². The summed E-state index contributed by atoms with van der Waals surface area (Å²) in [5.74, 6) is 1.01. The molecule has 2 heteroatoms. The van der Waals surface area contributed by atoms with E-state index in [1.165, 1.54) is 18.4 Å². The zero-order valence-electron chi connectivity index (χ0n) is 9.65. The summed E-state index contributed by atoms with van der Waals surface area (Å²) in [7, 11) is 0. The Labute approximate surface area is 96.6 Å². The maximum atomic E-state index is 5.37. The van der Waals surface area contributed by atoms with Crippen molar-refractivity contribution >= 4 is 6.21 Å². The van der Waals surface area contributed by atoms with Gasteiger partial charge in [0.1, 0.15) is 5.76 Å². The summed E-state index contributed by atoms with van der Waals surface area (Å²) in [5, 5.41) is 4.03. The summed E-state index contributed by atoms with van der Waals surface area (Å²) in [6.45, 7) is 2.07. The molecule has 0 saturated carbocycles.